The van der Waals surface area contributed by atoms with E-state index in [2.05, 4.69) is 16.8 Å². The SMILES string of the molecule is NC1CC(=O)N(CCc2ccsc2)C1. The minimum atomic E-state index is 0.0463. The fourth-order valence-electron chi connectivity index (χ4n) is 1.72. The molecule has 1 unspecified atom stereocenters. The van der Waals surface area contributed by atoms with Gasteiger partial charge in [-0.2, -0.15) is 11.3 Å². The van der Waals surface area contributed by atoms with Gasteiger partial charge < -0.3 is 10.6 Å². The van der Waals surface area contributed by atoms with Crippen LogP contribution in [0.15, 0.2) is 16.8 Å². The lowest BCUT2D eigenvalue weighted by Crippen LogP contribution is -2.30. The van der Waals surface area contributed by atoms with Gasteiger partial charge in [0.2, 0.25) is 5.91 Å². The number of likely N-dealkylation sites (tertiary alicyclic amines) is 1. The summed E-state index contributed by atoms with van der Waals surface area (Å²) >= 11 is 1.70. The van der Waals surface area contributed by atoms with Crippen molar-refractivity contribution >= 4 is 17.2 Å². The third-order valence-corrected chi connectivity index (χ3v) is 3.23. The summed E-state index contributed by atoms with van der Waals surface area (Å²) in [4.78, 5) is 13.3. The molecule has 2 N–H and O–H groups in total. The zero-order chi connectivity index (χ0) is 9.97. The molecule has 14 heavy (non-hydrogen) atoms. The maximum absolute atomic E-state index is 11.4. The molecule has 76 valence electrons. The van der Waals surface area contributed by atoms with Crippen LogP contribution in [0.5, 0.6) is 0 Å². The third-order valence-electron chi connectivity index (χ3n) is 2.49. The number of carbonyl (C=O) groups excluding carboxylic acids is 1. The minimum absolute atomic E-state index is 0.0463. The Bertz CT molecular complexity index is 310. The molecule has 1 aromatic heterocycles. The average Bonchev–Trinajstić information content (AvgIpc) is 2.72. The normalized spacial score (nSPS) is 21.9. The molecule has 2 heterocycles. The summed E-state index contributed by atoms with van der Waals surface area (Å²) in [6, 6.07) is 2.15. The van der Waals surface area contributed by atoms with E-state index in [9.17, 15) is 4.79 Å². The van der Waals surface area contributed by atoms with Crippen molar-refractivity contribution in [1.82, 2.24) is 4.90 Å². The molecular formula is C10H14N2OS. The Labute approximate surface area is 87.5 Å². The summed E-state index contributed by atoms with van der Waals surface area (Å²) in [5.41, 5.74) is 7.01. The lowest BCUT2D eigenvalue weighted by Gasteiger charge is -2.14. The number of rotatable bonds is 3. The van der Waals surface area contributed by atoms with Crippen LogP contribution in [-0.2, 0) is 11.2 Å². The number of hydrogen-bond acceptors (Lipinski definition) is 3. The van der Waals surface area contributed by atoms with Crippen LogP contribution in [0, 0.1) is 0 Å². The van der Waals surface area contributed by atoms with Crippen molar-refractivity contribution in [3.05, 3.63) is 22.4 Å². The van der Waals surface area contributed by atoms with E-state index in [1.54, 1.807) is 11.3 Å². The number of amides is 1. The van der Waals surface area contributed by atoms with Crippen LogP contribution >= 0.6 is 11.3 Å². The average molecular weight is 210 g/mol. The standard InChI is InChI=1S/C10H14N2OS/c11-9-5-10(13)12(6-9)3-1-8-2-4-14-7-8/h2,4,7,9H,1,3,5-6,11H2. The van der Waals surface area contributed by atoms with E-state index in [-0.39, 0.29) is 11.9 Å². The van der Waals surface area contributed by atoms with Gasteiger partial charge >= 0.3 is 0 Å². The van der Waals surface area contributed by atoms with Crippen molar-refractivity contribution in [1.29, 1.82) is 0 Å². The molecule has 4 heteroatoms. The highest BCUT2D eigenvalue weighted by Gasteiger charge is 2.26. The van der Waals surface area contributed by atoms with Crippen molar-refractivity contribution in [3.63, 3.8) is 0 Å². The van der Waals surface area contributed by atoms with Crippen molar-refractivity contribution in [2.45, 2.75) is 18.9 Å². The first kappa shape index (κ1) is 9.68. The summed E-state index contributed by atoms with van der Waals surface area (Å²) in [6.07, 6.45) is 1.46. The van der Waals surface area contributed by atoms with Gasteiger partial charge in [0.1, 0.15) is 0 Å². The number of hydrogen-bond donors (Lipinski definition) is 1. The molecule has 1 aliphatic heterocycles. The molecule has 1 atom stereocenters. The van der Waals surface area contributed by atoms with Gasteiger partial charge in [0.15, 0.2) is 0 Å². The predicted octanol–water partition coefficient (Wildman–Crippen LogP) is 0.850. The molecule has 3 nitrogen and oxygen atoms in total. The lowest BCUT2D eigenvalue weighted by molar-refractivity contribution is -0.127. The van der Waals surface area contributed by atoms with Gasteiger partial charge in [-0.05, 0) is 28.8 Å². The molecule has 0 bridgehead atoms. The third kappa shape index (κ3) is 2.13. The molecule has 0 radical (unpaired) electrons. The highest BCUT2D eigenvalue weighted by atomic mass is 32.1. The lowest BCUT2D eigenvalue weighted by atomic mass is 10.2. The van der Waals surface area contributed by atoms with Crippen LogP contribution in [0.3, 0.4) is 0 Å². The van der Waals surface area contributed by atoms with Crippen LogP contribution in [0.25, 0.3) is 0 Å². The fourth-order valence-corrected chi connectivity index (χ4v) is 2.42. The first-order valence-electron chi connectivity index (χ1n) is 4.80. The number of nitrogens with zero attached hydrogens (tertiary/aromatic N) is 1. The van der Waals surface area contributed by atoms with Gasteiger partial charge in [-0.1, -0.05) is 0 Å². The largest absolute Gasteiger partial charge is 0.341 e. The molecule has 1 saturated heterocycles. The monoisotopic (exact) mass is 210 g/mol. The van der Waals surface area contributed by atoms with Crippen LogP contribution in [-0.4, -0.2) is 29.9 Å². The summed E-state index contributed by atoms with van der Waals surface area (Å²) in [7, 11) is 0. The van der Waals surface area contributed by atoms with Gasteiger partial charge in [0.25, 0.3) is 0 Å². The zero-order valence-corrected chi connectivity index (χ0v) is 8.80. The Morgan fingerprint density at radius 1 is 1.64 bits per heavy atom. The number of thiophene rings is 1. The Morgan fingerprint density at radius 3 is 3.07 bits per heavy atom. The van der Waals surface area contributed by atoms with Gasteiger partial charge in [0, 0.05) is 25.6 Å². The van der Waals surface area contributed by atoms with Gasteiger partial charge in [-0.25, -0.2) is 0 Å². The molecule has 1 aromatic rings. The first-order valence-corrected chi connectivity index (χ1v) is 5.74. The second-order valence-corrected chi connectivity index (χ2v) is 4.47. The van der Waals surface area contributed by atoms with Crippen LogP contribution in [0.4, 0.5) is 0 Å². The van der Waals surface area contributed by atoms with E-state index in [0.29, 0.717) is 6.42 Å². The Morgan fingerprint density at radius 2 is 2.50 bits per heavy atom. The fraction of sp³-hybridized carbons (Fsp3) is 0.500. The molecule has 2 rings (SSSR count). The first-order chi connectivity index (χ1) is 6.75. The van der Waals surface area contributed by atoms with Crippen molar-refractivity contribution < 1.29 is 4.79 Å². The highest BCUT2D eigenvalue weighted by Crippen LogP contribution is 2.12. The molecular weight excluding hydrogens is 196 g/mol. The van der Waals surface area contributed by atoms with E-state index >= 15 is 0 Å². The molecule has 0 spiro atoms. The van der Waals surface area contributed by atoms with E-state index < -0.39 is 0 Å². The summed E-state index contributed by atoms with van der Waals surface area (Å²) < 4.78 is 0. The maximum atomic E-state index is 11.4. The van der Waals surface area contributed by atoms with E-state index in [0.717, 1.165) is 19.5 Å². The van der Waals surface area contributed by atoms with Gasteiger partial charge in [-0.15, -0.1) is 0 Å². The van der Waals surface area contributed by atoms with Crippen molar-refractivity contribution in [3.8, 4) is 0 Å². The second kappa shape index (κ2) is 4.11. The topological polar surface area (TPSA) is 46.3 Å². The van der Waals surface area contributed by atoms with Crippen LogP contribution < -0.4 is 5.73 Å². The smallest absolute Gasteiger partial charge is 0.224 e. The Kier molecular flexibility index (Phi) is 2.84. The Balaban J connectivity index is 1.84. The van der Waals surface area contributed by atoms with E-state index in [1.165, 1.54) is 5.56 Å². The van der Waals surface area contributed by atoms with E-state index in [1.807, 2.05) is 4.90 Å². The summed E-state index contributed by atoms with van der Waals surface area (Å²) in [6.45, 7) is 1.53. The van der Waals surface area contributed by atoms with Crippen LogP contribution in [0.2, 0.25) is 0 Å². The van der Waals surface area contributed by atoms with E-state index in [4.69, 9.17) is 5.73 Å². The summed E-state index contributed by atoms with van der Waals surface area (Å²) in [5, 5.41) is 4.19. The number of carbonyl (C=O) groups is 1. The van der Waals surface area contributed by atoms with Gasteiger partial charge in [0.05, 0.1) is 0 Å². The molecule has 1 aliphatic rings. The van der Waals surface area contributed by atoms with Crippen molar-refractivity contribution in [2.75, 3.05) is 13.1 Å². The minimum Gasteiger partial charge on any atom is -0.341 e. The molecule has 0 aromatic carbocycles. The molecule has 0 aliphatic carbocycles. The molecule has 1 amide bonds. The molecule has 0 saturated carbocycles. The summed E-state index contributed by atoms with van der Waals surface area (Å²) in [5.74, 6) is 0.202. The predicted molar refractivity (Wildman–Crippen MR) is 57.2 cm³/mol. The molecule has 1 fully saturated rings. The highest BCUT2D eigenvalue weighted by molar-refractivity contribution is 7.07. The van der Waals surface area contributed by atoms with Crippen LogP contribution in [0.1, 0.15) is 12.0 Å². The van der Waals surface area contributed by atoms with Crippen molar-refractivity contribution in [2.24, 2.45) is 5.73 Å². The quantitative estimate of drug-likeness (QED) is 0.804. The Hall–Kier alpha value is -0.870. The zero-order valence-electron chi connectivity index (χ0n) is 7.98. The van der Waals surface area contributed by atoms with Gasteiger partial charge in [-0.3, -0.25) is 4.79 Å². The second-order valence-electron chi connectivity index (χ2n) is 3.69. The maximum Gasteiger partial charge on any atom is 0.224 e. The number of nitrogens with two attached hydrogens (primary N) is 1.